The minimum Gasteiger partial charge on any atom is -0.480 e. The molecule has 152 valence electrons. The van der Waals surface area contributed by atoms with Crippen molar-refractivity contribution in [2.75, 3.05) is 11.9 Å². The largest absolute Gasteiger partial charge is 0.480 e. The number of urea groups is 1. The first-order chi connectivity index (χ1) is 13.6. The SMILES string of the molecule is NC(=O)N(CC(=O)O)Cc1nccc2nc(Nc3ccc(C(F)(F)F)cc3)nn12. The Morgan fingerprint density at radius 3 is 2.48 bits per heavy atom. The summed E-state index contributed by atoms with van der Waals surface area (Å²) in [6.07, 6.45) is -3.05. The molecular weight excluding hydrogens is 395 g/mol. The van der Waals surface area contributed by atoms with E-state index in [2.05, 4.69) is 20.4 Å². The number of nitrogens with zero attached hydrogens (tertiary/aromatic N) is 5. The van der Waals surface area contributed by atoms with Crippen LogP contribution in [0.25, 0.3) is 5.65 Å². The summed E-state index contributed by atoms with van der Waals surface area (Å²) in [6.45, 7) is -0.860. The number of hydrogen-bond donors (Lipinski definition) is 3. The van der Waals surface area contributed by atoms with Gasteiger partial charge in [0.1, 0.15) is 6.54 Å². The molecule has 10 nitrogen and oxygen atoms in total. The molecule has 1 aromatic carbocycles. The lowest BCUT2D eigenvalue weighted by Gasteiger charge is -2.17. The molecule has 0 aliphatic heterocycles. The number of fused-ring (bicyclic) bond motifs is 1. The Morgan fingerprint density at radius 2 is 1.90 bits per heavy atom. The molecule has 3 aromatic rings. The molecule has 3 rings (SSSR count). The minimum atomic E-state index is -4.44. The molecule has 2 heterocycles. The van der Waals surface area contributed by atoms with Gasteiger partial charge in [0.05, 0.1) is 12.1 Å². The summed E-state index contributed by atoms with van der Waals surface area (Å²) in [4.78, 5) is 31.4. The van der Waals surface area contributed by atoms with Crippen molar-refractivity contribution < 1.29 is 27.9 Å². The molecule has 2 aromatic heterocycles. The second kappa shape index (κ2) is 7.61. The lowest BCUT2D eigenvalue weighted by molar-refractivity contribution is -0.138. The maximum Gasteiger partial charge on any atom is 0.416 e. The third-order valence-electron chi connectivity index (χ3n) is 3.76. The van der Waals surface area contributed by atoms with Crippen LogP contribution < -0.4 is 11.1 Å². The zero-order valence-corrected chi connectivity index (χ0v) is 14.6. The highest BCUT2D eigenvalue weighted by molar-refractivity contribution is 5.78. The predicted octanol–water partition coefficient (Wildman–Crippen LogP) is 1.85. The molecule has 4 N–H and O–H groups in total. The smallest absolute Gasteiger partial charge is 0.416 e. The second-order valence-electron chi connectivity index (χ2n) is 5.85. The Balaban J connectivity index is 1.84. The Morgan fingerprint density at radius 1 is 1.21 bits per heavy atom. The Kier molecular flexibility index (Phi) is 5.21. The van der Waals surface area contributed by atoms with Gasteiger partial charge in [-0.3, -0.25) is 4.79 Å². The van der Waals surface area contributed by atoms with Gasteiger partial charge in [0.15, 0.2) is 11.5 Å². The molecule has 0 unspecified atom stereocenters. The predicted molar refractivity (Wildman–Crippen MR) is 93.1 cm³/mol. The number of aliphatic carboxylic acids is 1. The van der Waals surface area contributed by atoms with Crippen LogP contribution in [0.3, 0.4) is 0 Å². The number of carboxylic acids is 1. The normalized spacial score (nSPS) is 11.4. The fourth-order valence-electron chi connectivity index (χ4n) is 2.44. The zero-order valence-electron chi connectivity index (χ0n) is 14.6. The highest BCUT2D eigenvalue weighted by Crippen LogP contribution is 2.30. The number of benzene rings is 1. The molecule has 29 heavy (non-hydrogen) atoms. The first kappa shape index (κ1) is 19.9. The first-order valence-corrected chi connectivity index (χ1v) is 8.04. The molecule has 13 heteroatoms. The van der Waals surface area contributed by atoms with E-state index in [-0.39, 0.29) is 18.3 Å². The number of nitrogens with two attached hydrogens (primary N) is 1. The maximum atomic E-state index is 12.6. The molecule has 0 saturated carbocycles. The van der Waals surface area contributed by atoms with Crippen LogP contribution in [0.15, 0.2) is 36.5 Å². The maximum absolute atomic E-state index is 12.6. The summed E-state index contributed by atoms with van der Waals surface area (Å²) in [6, 6.07) is 4.86. The quantitative estimate of drug-likeness (QED) is 0.565. The average Bonchev–Trinajstić information content (AvgIpc) is 3.03. The van der Waals surface area contributed by atoms with Gasteiger partial charge in [-0.15, -0.1) is 5.10 Å². The van der Waals surface area contributed by atoms with Crippen molar-refractivity contribution in [3.05, 3.63) is 47.9 Å². The van der Waals surface area contributed by atoms with Crippen molar-refractivity contribution in [2.24, 2.45) is 5.73 Å². The lowest BCUT2D eigenvalue weighted by atomic mass is 10.2. The van der Waals surface area contributed by atoms with Gasteiger partial charge in [0.2, 0.25) is 5.95 Å². The van der Waals surface area contributed by atoms with Crippen LogP contribution in [-0.4, -0.2) is 48.1 Å². The highest BCUT2D eigenvalue weighted by atomic mass is 19.4. The van der Waals surface area contributed by atoms with Crippen molar-refractivity contribution in [1.82, 2.24) is 24.5 Å². The number of alkyl halides is 3. The number of aromatic nitrogens is 4. The molecule has 2 amide bonds. The number of nitrogens with one attached hydrogen (secondary N) is 1. The fraction of sp³-hybridized carbons (Fsp3) is 0.188. The van der Waals surface area contributed by atoms with Gasteiger partial charge < -0.3 is 21.1 Å². The summed E-state index contributed by atoms with van der Waals surface area (Å²) in [7, 11) is 0. The van der Waals surface area contributed by atoms with Crippen LogP contribution in [0.2, 0.25) is 0 Å². The molecule has 0 radical (unpaired) electrons. The van der Waals surface area contributed by atoms with Gasteiger partial charge in [-0.05, 0) is 24.3 Å². The molecule has 0 fully saturated rings. The van der Waals surface area contributed by atoms with Gasteiger partial charge in [0.25, 0.3) is 0 Å². The topological polar surface area (TPSA) is 139 Å². The van der Waals surface area contributed by atoms with E-state index in [1.807, 2.05) is 0 Å². The number of halogens is 3. The van der Waals surface area contributed by atoms with Crippen LogP contribution in [0.1, 0.15) is 11.4 Å². The van der Waals surface area contributed by atoms with Crippen LogP contribution in [0.5, 0.6) is 0 Å². The first-order valence-electron chi connectivity index (χ1n) is 8.04. The van der Waals surface area contributed by atoms with Crippen molar-refractivity contribution in [3.8, 4) is 0 Å². The third kappa shape index (κ3) is 4.69. The van der Waals surface area contributed by atoms with E-state index in [1.54, 1.807) is 0 Å². The molecule has 0 atom stereocenters. The van der Waals surface area contributed by atoms with Crippen LogP contribution in [0.4, 0.5) is 29.6 Å². The van der Waals surface area contributed by atoms with Crippen molar-refractivity contribution in [3.63, 3.8) is 0 Å². The number of rotatable bonds is 6. The van der Waals surface area contributed by atoms with Crippen LogP contribution >= 0.6 is 0 Å². The number of hydrogen-bond acceptors (Lipinski definition) is 6. The van der Waals surface area contributed by atoms with Gasteiger partial charge in [-0.1, -0.05) is 0 Å². The Hall–Kier alpha value is -3.90. The fourth-order valence-corrected chi connectivity index (χ4v) is 2.44. The molecule has 0 aliphatic carbocycles. The number of amides is 2. The van der Waals surface area contributed by atoms with Crippen molar-refractivity contribution in [2.45, 2.75) is 12.7 Å². The van der Waals surface area contributed by atoms with E-state index < -0.39 is 30.3 Å². The number of primary amides is 1. The van der Waals surface area contributed by atoms with Gasteiger partial charge in [0, 0.05) is 18.0 Å². The van der Waals surface area contributed by atoms with Crippen molar-refractivity contribution in [1.29, 1.82) is 0 Å². The van der Waals surface area contributed by atoms with E-state index >= 15 is 0 Å². The van der Waals surface area contributed by atoms with E-state index in [9.17, 15) is 22.8 Å². The van der Waals surface area contributed by atoms with Crippen molar-refractivity contribution >= 4 is 29.3 Å². The van der Waals surface area contributed by atoms with E-state index in [4.69, 9.17) is 10.8 Å². The zero-order chi connectivity index (χ0) is 21.2. The second-order valence-corrected chi connectivity index (χ2v) is 5.85. The molecule has 0 aliphatic rings. The van der Waals surface area contributed by atoms with E-state index in [0.29, 0.717) is 11.3 Å². The van der Waals surface area contributed by atoms with Crippen LogP contribution in [-0.2, 0) is 17.5 Å². The summed E-state index contributed by atoms with van der Waals surface area (Å²) < 4.78 is 39.2. The minimum absolute atomic E-state index is 0.0721. The average molecular weight is 409 g/mol. The summed E-state index contributed by atoms with van der Waals surface area (Å²) in [5, 5.41) is 15.8. The van der Waals surface area contributed by atoms with E-state index in [0.717, 1.165) is 17.0 Å². The van der Waals surface area contributed by atoms with Gasteiger partial charge >= 0.3 is 18.2 Å². The number of carbonyl (C=O) groups is 2. The van der Waals surface area contributed by atoms with E-state index in [1.165, 1.54) is 28.9 Å². The highest BCUT2D eigenvalue weighted by Gasteiger charge is 2.30. The Labute approximate surface area is 160 Å². The molecule has 0 saturated heterocycles. The van der Waals surface area contributed by atoms with Gasteiger partial charge in [-0.25, -0.2) is 9.78 Å². The van der Waals surface area contributed by atoms with Gasteiger partial charge in [-0.2, -0.15) is 22.7 Å². The number of carboxylic acid groups (broad SMARTS) is 1. The summed E-state index contributed by atoms with van der Waals surface area (Å²) in [5.74, 6) is -0.988. The number of carbonyl (C=O) groups excluding carboxylic acids is 1. The molecular formula is C16H14F3N7O3. The Bertz CT molecular complexity index is 1050. The van der Waals surface area contributed by atoms with Crippen LogP contribution in [0, 0.1) is 0 Å². The lowest BCUT2D eigenvalue weighted by Crippen LogP contribution is -2.39. The summed E-state index contributed by atoms with van der Waals surface area (Å²) >= 11 is 0. The molecule has 0 spiro atoms. The molecule has 0 bridgehead atoms. The number of anilines is 2. The standard InChI is InChI=1S/C16H14F3N7O3/c17-16(18,19)9-1-3-10(4-2-9)22-15-23-11-5-6-21-12(26(11)24-15)7-25(14(20)29)8-13(27)28/h1-6H,7-8H2,(H2,20,29)(H,22,24)(H,27,28). The monoisotopic (exact) mass is 409 g/mol. The third-order valence-corrected chi connectivity index (χ3v) is 3.76. The summed E-state index contributed by atoms with van der Waals surface area (Å²) in [5.41, 5.74) is 5.05.